The molecule has 0 radical (unpaired) electrons. The Balaban J connectivity index is 1.21. The molecule has 0 saturated carbocycles. The van der Waals surface area contributed by atoms with Crippen LogP contribution in [-0.2, 0) is 4.79 Å². The average Bonchev–Trinajstić information content (AvgIpc) is 2.93. The lowest BCUT2D eigenvalue weighted by atomic mass is 9.96. The minimum Gasteiger partial charge on any atom is -0.496 e. The maximum Gasteiger partial charge on any atom is 0.227 e. The lowest BCUT2D eigenvalue weighted by Crippen LogP contribution is -2.52. The van der Waals surface area contributed by atoms with Crippen LogP contribution in [0.3, 0.4) is 0 Å². The molecule has 35 heavy (non-hydrogen) atoms. The first-order valence-corrected chi connectivity index (χ1v) is 12.1. The zero-order chi connectivity index (χ0) is 24.2. The zero-order valence-electron chi connectivity index (χ0n) is 19.9. The number of amides is 1. The first kappa shape index (κ1) is 23.1. The number of methoxy groups -OCH3 is 1. The molecule has 1 atom stereocenters. The van der Waals surface area contributed by atoms with Gasteiger partial charge in [0, 0.05) is 44.8 Å². The third kappa shape index (κ3) is 4.92. The van der Waals surface area contributed by atoms with E-state index in [9.17, 15) is 9.18 Å². The van der Waals surface area contributed by atoms with Crippen LogP contribution < -0.4 is 14.5 Å². The van der Waals surface area contributed by atoms with Gasteiger partial charge in [-0.15, -0.1) is 10.2 Å². The van der Waals surface area contributed by atoms with Crippen LogP contribution in [0.25, 0.3) is 11.3 Å². The fourth-order valence-corrected chi connectivity index (χ4v) is 5.01. The highest BCUT2D eigenvalue weighted by atomic mass is 19.1. The van der Waals surface area contributed by atoms with Crippen molar-refractivity contribution in [2.45, 2.75) is 12.8 Å². The molecule has 2 aromatic carbocycles. The van der Waals surface area contributed by atoms with Gasteiger partial charge in [0.05, 0.1) is 24.4 Å². The van der Waals surface area contributed by atoms with Crippen molar-refractivity contribution in [3.63, 3.8) is 0 Å². The molecule has 2 aliphatic heterocycles. The standard InChI is InChI=1S/C27H30FN5O2/c1-35-25-11-5-2-8-21(25)23-12-13-26(30-29-23)33-14-6-7-20(19-33)27(34)32-17-15-31(16-18-32)24-10-4-3-9-22(24)28/h2-5,8-13,20H,6-7,14-19H2,1H3. The molecule has 8 heteroatoms. The lowest BCUT2D eigenvalue weighted by molar-refractivity contribution is -0.136. The summed E-state index contributed by atoms with van der Waals surface area (Å²) in [4.78, 5) is 19.4. The third-order valence-corrected chi connectivity index (χ3v) is 6.91. The molecule has 0 aliphatic carbocycles. The maximum absolute atomic E-state index is 14.1. The summed E-state index contributed by atoms with van der Waals surface area (Å²) < 4.78 is 19.6. The summed E-state index contributed by atoms with van der Waals surface area (Å²) in [5.41, 5.74) is 2.26. The molecular formula is C27H30FN5O2. The van der Waals surface area contributed by atoms with Crippen molar-refractivity contribution in [1.29, 1.82) is 0 Å². The van der Waals surface area contributed by atoms with E-state index in [1.165, 1.54) is 6.07 Å². The van der Waals surface area contributed by atoms with Crippen molar-refractivity contribution in [1.82, 2.24) is 15.1 Å². The molecule has 3 heterocycles. The van der Waals surface area contributed by atoms with E-state index in [4.69, 9.17) is 4.74 Å². The summed E-state index contributed by atoms with van der Waals surface area (Å²) in [5.74, 6) is 1.44. The smallest absolute Gasteiger partial charge is 0.227 e. The SMILES string of the molecule is COc1ccccc1-c1ccc(N2CCCC(C(=O)N3CCN(c4ccccc4F)CC3)C2)nn1. The molecule has 182 valence electrons. The van der Waals surface area contributed by atoms with E-state index in [2.05, 4.69) is 15.1 Å². The first-order chi connectivity index (χ1) is 17.1. The number of aromatic nitrogens is 2. The van der Waals surface area contributed by atoms with E-state index in [0.29, 0.717) is 38.4 Å². The Morgan fingerprint density at radius 3 is 2.43 bits per heavy atom. The Labute approximate surface area is 205 Å². The summed E-state index contributed by atoms with van der Waals surface area (Å²) in [6, 6.07) is 18.5. The number of piperazine rings is 1. The molecule has 5 rings (SSSR count). The van der Waals surface area contributed by atoms with Crippen LogP contribution in [0.4, 0.5) is 15.9 Å². The molecule has 1 unspecified atom stereocenters. The number of halogens is 1. The number of benzene rings is 2. The highest BCUT2D eigenvalue weighted by molar-refractivity contribution is 5.80. The maximum atomic E-state index is 14.1. The number of carbonyl (C=O) groups is 1. The average molecular weight is 476 g/mol. The second-order valence-electron chi connectivity index (χ2n) is 9.03. The Hall–Kier alpha value is -3.68. The molecule has 1 amide bonds. The second kappa shape index (κ2) is 10.3. The normalized spacial score (nSPS) is 18.5. The predicted octanol–water partition coefficient (Wildman–Crippen LogP) is 3.86. The molecule has 2 aliphatic rings. The Bertz CT molecular complexity index is 1160. The predicted molar refractivity (Wildman–Crippen MR) is 134 cm³/mol. The van der Waals surface area contributed by atoms with Crippen LogP contribution in [0.5, 0.6) is 5.75 Å². The number of rotatable bonds is 5. The summed E-state index contributed by atoms with van der Waals surface area (Å²) >= 11 is 0. The quantitative estimate of drug-likeness (QED) is 0.559. The van der Waals surface area contributed by atoms with Gasteiger partial charge in [0.15, 0.2) is 5.82 Å². The monoisotopic (exact) mass is 475 g/mol. The minimum atomic E-state index is -0.215. The zero-order valence-corrected chi connectivity index (χ0v) is 19.9. The topological polar surface area (TPSA) is 61.8 Å². The molecule has 0 spiro atoms. The van der Waals surface area contributed by atoms with Gasteiger partial charge in [0.1, 0.15) is 11.6 Å². The Morgan fingerprint density at radius 2 is 1.69 bits per heavy atom. The van der Waals surface area contributed by atoms with Crippen molar-refractivity contribution >= 4 is 17.4 Å². The van der Waals surface area contributed by atoms with E-state index in [0.717, 1.165) is 42.2 Å². The van der Waals surface area contributed by atoms with Gasteiger partial charge >= 0.3 is 0 Å². The van der Waals surface area contributed by atoms with Gasteiger partial charge in [-0.3, -0.25) is 4.79 Å². The van der Waals surface area contributed by atoms with E-state index in [-0.39, 0.29) is 17.6 Å². The Kier molecular flexibility index (Phi) is 6.79. The van der Waals surface area contributed by atoms with Gasteiger partial charge in [-0.1, -0.05) is 24.3 Å². The van der Waals surface area contributed by atoms with Gasteiger partial charge in [-0.2, -0.15) is 0 Å². The summed E-state index contributed by atoms with van der Waals surface area (Å²) in [6.45, 7) is 3.98. The highest BCUT2D eigenvalue weighted by Crippen LogP contribution is 2.29. The molecule has 1 aromatic heterocycles. The summed E-state index contributed by atoms with van der Waals surface area (Å²) in [6.07, 6.45) is 1.80. The molecule has 2 saturated heterocycles. The van der Waals surface area contributed by atoms with E-state index in [1.54, 1.807) is 19.2 Å². The van der Waals surface area contributed by atoms with Crippen LogP contribution >= 0.6 is 0 Å². The number of hydrogen-bond donors (Lipinski definition) is 0. The Morgan fingerprint density at radius 1 is 0.914 bits per heavy atom. The molecular weight excluding hydrogens is 445 g/mol. The lowest BCUT2D eigenvalue weighted by Gasteiger charge is -2.40. The fraction of sp³-hybridized carbons (Fsp3) is 0.370. The van der Waals surface area contributed by atoms with E-state index in [1.807, 2.05) is 52.3 Å². The third-order valence-electron chi connectivity index (χ3n) is 6.91. The van der Waals surface area contributed by atoms with Crippen molar-refractivity contribution in [2.75, 3.05) is 56.2 Å². The summed E-state index contributed by atoms with van der Waals surface area (Å²) in [5, 5.41) is 8.90. The molecule has 3 aromatic rings. The molecule has 2 fully saturated rings. The van der Waals surface area contributed by atoms with Crippen molar-refractivity contribution < 1.29 is 13.9 Å². The van der Waals surface area contributed by atoms with Crippen LogP contribution in [0.1, 0.15) is 12.8 Å². The van der Waals surface area contributed by atoms with Crippen molar-refractivity contribution in [2.24, 2.45) is 5.92 Å². The number of para-hydroxylation sites is 2. The van der Waals surface area contributed by atoms with Gasteiger partial charge in [0.25, 0.3) is 0 Å². The van der Waals surface area contributed by atoms with Crippen LogP contribution in [-0.4, -0.2) is 67.4 Å². The van der Waals surface area contributed by atoms with Crippen LogP contribution in [0.2, 0.25) is 0 Å². The number of ether oxygens (including phenoxy) is 1. The first-order valence-electron chi connectivity index (χ1n) is 12.1. The number of anilines is 2. The number of piperidine rings is 1. The van der Waals surface area contributed by atoms with E-state index >= 15 is 0 Å². The van der Waals surface area contributed by atoms with Gasteiger partial charge in [-0.05, 0) is 49.2 Å². The second-order valence-corrected chi connectivity index (χ2v) is 9.03. The molecule has 0 bridgehead atoms. The van der Waals surface area contributed by atoms with E-state index < -0.39 is 0 Å². The minimum absolute atomic E-state index is 0.0699. The van der Waals surface area contributed by atoms with Crippen molar-refractivity contribution in [3.05, 3.63) is 66.5 Å². The van der Waals surface area contributed by atoms with Gasteiger partial charge < -0.3 is 19.4 Å². The highest BCUT2D eigenvalue weighted by Gasteiger charge is 2.32. The van der Waals surface area contributed by atoms with Crippen molar-refractivity contribution in [3.8, 4) is 17.0 Å². The number of nitrogens with zero attached hydrogens (tertiary/aromatic N) is 5. The summed E-state index contributed by atoms with van der Waals surface area (Å²) in [7, 11) is 1.64. The fourth-order valence-electron chi connectivity index (χ4n) is 5.01. The van der Waals surface area contributed by atoms with Crippen LogP contribution in [0.15, 0.2) is 60.7 Å². The van der Waals surface area contributed by atoms with Gasteiger partial charge in [-0.25, -0.2) is 4.39 Å². The molecule has 7 nitrogen and oxygen atoms in total. The molecule has 0 N–H and O–H groups in total. The van der Waals surface area contributed by atoms with Gasteiger partial charge in [0.2, 0.25) is 5.91 Å². The number of hydrogen-bond acceptors (Lipinski definition) is 6. The largest absolute Gasteiger partial charge is 0.496 e. The van der Waals surface area contributed by atoms with Crippen LogP contribution in [0, 0.1) is 11.7 Å². The number of carbonyl (C=O) groups excluding carboxylic acids is 1.